The Kier molecular flexibility index (Phi) is 4.04. The van der Waals surface area contributed by atoms with E-state index in [1.54, 1.807) is 0 Å². The lowest BCUT2D eigenvalue weighted by Crippen LogP contribution is -2.06. The van der Waals surface area contributed by atoms with Crippen molar-refractivity contribution in [3.63, 3.8) is 0 Å². The van der Waals surface area contributed by atoms with E-state index in [1.165, 1.54) is 23.1 Å². The highest BCUT2D eigenvalue weighted by Crippen LogP contribution is 2.24. The Bertz CT molecular complexity index is 532. The van der Waals surface area contributed by atoms with Crippen molar-refractivity contribution in [3.05, 3.63) is 53.9 Å². The molecule has 0 fully saturated rings. The Morgan fingerprint density at radius 1 is 0.947 bits per heavy atom. The molecule has 1 aromatic carbocycles. The number of pyridine rings is 1. The summed E-state index contributed by atoms with van der Waals surface area (Å²) in [5.41, 5.74) is 5.40. The molecule has 0 unspecified atom stereocenters. The highest BCUT2D eigenvalue weighted by atomic mass is 14.6. The van der Waals surface area contributed by atoms with Gasteiger partial charge in [-0.05, 0) is 54.0 Å². The Hall–Kier alpha value is -1.63. The Morgan fingerprint density at radius 3 is 2.21 bits per heavy atom. The van der Waals surface area contributed by atoms with Gasteiger partial charge in [-0.1, -0.05) is 45.0 Å². The van der Waals surface area contributed by atoms with Crippen molar-refractivity contribution in [1.82, 2.24) is 4.98 Å². The van der Waals surface area contributed by atoms with Gasteiger partial charge in [0.1, 0.15) is 0 Å². The lowest BCUT2D eigenvalue weighted by molar-refractivity contribution is 0.378. The minimum Gasteiger partial charge on any atom is -0.262 e. The van der Waals surface area contributed by atoms with E-state index in [0.29, 0.717) is 5.41 Å². The molecule has 19 heavy (non-hydrogen) atoms. The first-order valence-corrected chi connectivity index (χ1v) is 6.96. The third-order valence-electron chi connectivity index (χ3n) is 3.35. The predicted molar refractivity (Wildman–Crippen MR) is 82.2 cm³/mol. The molecule has 1 heterocycles. The van der Waals surface area contributed by atoms with E-state index >= 15 is 0 Å². The summed E-state index contributed by atoms with van der Waals surface area (Å²) in [6.45, 7) is 8.91. The number of hydrogen-bond donors (Lipinski definition) is 0. The maximum atomic E-state index is 4.24. The molecule has 1 aromatic heterocycles. The van der Waals surface area contributed by atoms with Gasteiger partial charge < -0.3 is 0 Å². The number of benzene rings is 1. The van der Waals surface area contributed by atoms with Crippen LogP contribution in [0.25, 0.3) is 11.1 Å². The van der Waals surface area contributed by atoms with Crippen LogP contribution in [-0.2, 0) is 6.42 Å². The average Bonchev–Trinajstić information content (AvgIpc) is 2.36. The van der Waals surface area contributed by atoms with Gasteiger partial charge in [0, 0.05) is 11.9 Å². The summed E-state index contributed by atoms with van der Waals surface area (Å²) in [5.74, 6) is 0. The molecule has 1 heteroatoms. The summed E-state index contributed by atoms with van der Waals surface area (Å²) in [5, 5.41) is 0. The van der Waals surface area contributed by atoms with Crippen LogP contribution >= 0.6 is 0 Å². The van der Waals surface area contributed by atoms with Crippen molar-refractivity contribution >= 4 is 0 Å². The zero-order valence-electron chi connectivity index (χ0n) is 12.4. The highest BCUT2D eigenvalue weighted by Gasteiger charge is 2.09. The Balaban J connectivity index is 2.10. The molecule has 0 atom stereocenters. The fraction of sp³-hybridized carbons (Fsp3) is 0.389. The van der Waals surface area contributed by atoms with Crippen molar-refractivity contribution in [2.24, 2.45) is 5.41 Å². The van der Waals surface area contributed by atoms with Gasteiger partial charge >= 0.3 is 0 Å². The van der Waals surface area contributed by atoms with E-state index in [4.69, 9.17) is 0 Å². The first kappa shape index (κ1) is 13.8. The third-order valence-corrected chi connectivity index (χ3v) is 3.35. The van der Waals surface area contributed by atoms with E-state index in [-0.39, 0.29) is 0 Å². The second-order valence-corrected chi connectivity index (χ2v) is 6.44. The smallest absolute Gasteiger partial charge is 0.0378 e. The fourth-order valence-electron chi connectivity index (χ4n) is 2.11. The van der Waals surface area contributed by atoms with Gasteiger partial charge in [0.25, 0.3) is 0 Å². The van der Waals surface area contributed by atoms with Crippen LogP contribution in [0.2, 0.25) is 0 Å². The second-order valence-electron chi connectivity index (χ2n) is 6.44. The minimum atomic E-state index is 0.404. The van der Waals surface area contributed by atoms with E-state index in [1.807, 2.05) is 13.1 Å². The quantitative estimate of drug-likeness (QED) is 0.747. The van der Waals surface area contributed by atoms with Crippen LogP contribution in [0.4, 0.5) is 0 Å². The second kappa shape index (κ2) is 5.56. The highest BCUT2D eigenvalue weighted by molar-refractivity contribution is 5.63. The van der Waals surface area contributed by atoms with Crippen molar-refractivity contribution in [2.45, 2.75) is 40.5 Å². The molecule has 0 saturated heterocycles. The van der Waals surface area contributed by atoms with E-state index < -0.39 is 0 Å². The molecule has 0 saturated carbocycles. The summed E-state index contributed by atoms with van der Waals surface area (Å²) < 4.78 is 0. The number of aryl methyl sites for hydroxylation is 2. The number of nitrogens with zero attached hydrogens (tertiary/aromatic N) is 1. The molecule has 0 amide bonds. The lowest BCUT2D eigenvalue weighted by atomic mass is 9.88. The van der Waals surface area contributed by atoms with Gasteiger partial charge in [0.05, 0.1) is 0 Å². The number of aromatic nitrogens is 1. The normalized spacial score (nSPS) is 11.6. The Morgan fingerprint density at radius 2 is 1.63 bits per heavy atom. The molecule has 0 bridgehead atoms. The maximum Gasteiger partial charge on any atom is 0.0378 e. The average molecular weight is 253 g/mol. The minimum absolute atomic E-state index is 0.404. The van der Waals surface area contributed by atoms with Crippen LogP contribution in [0.3, 0.4) is 0 Å². The van der Waals surface area contributed by atoms with E-state index in [9.17, 15) is 0 Å². The molecule has 0 aliphatic heterocycles. The molecule has 1 nitrogen and oxygen atoms in total. The van der Waals surface area contributed by atoms with Crippen LogP contribution < -0.4 is 0 Å². The van der Waals surface area contributed by atoms with Crippen LogP contribution in [0.15, 0.2) is 42.6 Å². The molecular weight excluding hydrogens is 230 g/mol. The third kappa shape index (κ3) is 4.20. The number of hydrogen-bond acceptors (Lipinski definition) is 1. The summed E-state index contributed by atoms with van der Waals surface area (Å²) in [7, 11) is 0. The number of rotatable bonds is 3. The fourth-order valence-corrected chi connectivity index (χ4v) is 2.11. The van der Waals surface area contributed by atoms with Gasteiger partial charge in [0.2, 0.25) is 0 Å². The van der Waals surface area contributed by atoms with Gasteiger partial charge in [-0.3, -0.25) is 4.98 Å². The van der Waals surface area contributed by atoms with E-state index in [0.717, 1.165) is 12.1 Å². The molecule has 0 aliphatic rings. The first-order valence-electron chi connectivity index (χ1n) is 6.96. The van der Waals surface area contributed by atoms with Crippen molar-refractivity contribution in [3.8, 4) is 11.1 Å². The van der Waals surface area contributed by atoms with Gasteiger partial charge in [-0.15, -0.1) is 0 Å². The summed E-state index contributed by atoms with van der Waals surface area (Å²) >= 11 is 0. The summed E-state index contributed by atoms with van der Waals surface area (Å²) in [4.78, 5) is 4.24. The topological polar surface area (TPSA) is 12.9 Å². The molecule has 0 N–H and O–H groups in total. The van der Waals surface area contributed by atoms with Crippen LogP contribution in [-0.4, -0.2) is 4.98 Å². The summed E-state index contributed by atoms with van der Waals surface area (Å²) in [6.07, 6.45) is 4.25. The van der Waals surface area contributed by atoms with Crippen molar-refractivity contribution in [1.29, 1.82) is 0 Å². The summed E-state index contributed by atoms with van der Waals surface area (Å²) in [6, 6.07) is 13.1. The zero-order valence-corrected chi connectivity index (χ0v) is 12.4. The van der Waals surface area contributed by atoms with Crippen LogP contribution in [0.5, 0.6) is 0 Å². The van der Waals surface area contributed by atoms with E-state index in [2.05, 4.69) is 62.2 Å². The van der Waals surface area contributed by atoms with Crippen molar-refractivity contribution < 1.29 is 0 Å². The zero-order chi connectivity index (χ0) is 13.9. The van der Waals surface area contributed by atoms with Gasteiger partial charge in [-0.2, -0.15) is 0 Å². The molecule has 100 valence electrons. The van der Waals surface area contributed by atoms with Crippen LogP contribution in [0, 0.1) is 12.3 Å². The van der Waals surface area contributed by atoms with Crippen LogP contribution in [0.1, 0.15) is 38.4 Å². The predicted octanol–water partition coefficient (Wildman–Crippen LogP) is 5.04. The van der Waals surface area contributed by atoms with Gasteiger partial charge in [0.15, 0.2) is 0 Å². The maximum absolute atomic E-state index is 4.24. The van der Waals surface area contributed by atoms with Gasteiger partial charge in [-0.25, -0.2) is 0 Å². The molecule has 2 rings (SSSR count). The lowest BCUT2D eigenvalue weighted by Gasteiger charge is -2.17. The monoisotopic (exact) mass is 253 g/mol. The van der Waals surface area contributed by atoms with Crippen molar-refractivity contribution in [2.75, 3.05) is 0 Å². The molecule has 0 spiro atoms. The molecule has 2 aromatic rings. The largest absolute Gasteiger partial charge is 0.262 e. The molecule has 0 radical (unpaired) electrons. The first-order chi connectivity index (χ1) is 8.94. The SMILES string of the molecule is Cc1cc(-c2ccc(CCC(C)(C)C)cc2)ccn1. The molecule has 0 aliphatic carbocycles. The standard InChI is InChI=1S/C18H23N/c1-14-13-17(10-12-19-14)16-7-5-15(6-8-16)9-11-18(2,3)4/h5-8,10,12-13H,9,11H2,1-4H3. The molecular formula is C18H23N. The Labute approximate surface area is 116 Å².